The summed E-state index contributed by atoms with van der Waals surface area (Å²) in [6, 6.07) is 13.6. The molecule has 28 heavy (non-hydrogen) atoms. The Balaban J connectivity index is 1.79. The van der Waals surface area contributed by atoms with E-state index in [-0.39, 0.29) is 17.7 Å². The van der Waals surface area contributed by atoms with Crippen molar-refractivity contribution in [2.45, 2.75) is 31.6 Å². The van der Waals surface area contributed by atoms with E-state index in [9.17, 15) is 4.79 Å². The maximum Gasteiger partial charge on any atom is 0.237 e. The lowest BCUT2D eigenvalue weighted by Gasteiger charge is -2.26. The molecular weight excluding hydrogens is 370 g/mol. The van der Waals surface area contributed by atoms with Gasteiger partial charge in [-0.3, -0.25) is 14.3 Å². The van der Waals surface area contributed by atoms with Crippen molar-refractivity contribution in [3.63, 3.8) is 0 Å². The smallest absolute Gasteiger partial charge is 0.237 e. The number of hydrogen-bond acceptors (Lipinski definition) is 5. The Labute approximate surface area is 169 Å². The first kappa shape index (κ1) is 19.8. The van der Waals surface area contributed by atoms with Crippen LogP contribution in [-0.2, 0) is 11.3 Å². The number of hydrogen-bond donors (Lipinski definition) is 0. The molecule has 0 unspecified atom stereocenters. The zero-order valence-corrected chi connectivity index (χ0v) is 16.8. The number of amides is 1. The molecule has 0 aliphatic carbocycles. The number of nitrogens with zero attached hydrogens (tertiary/aromatic N) is 5. The van der Waals surface area contributed by atoms with Crippen LogP contribution in [0.3, 0.4) is 0 Å². The molecule has 1 amide bonds. The van der Waals surface area contributed by atoms with Gasteiger partial charge in [-0.2, -0.15) is 0 Å². The first-order chi connectivity index (χ1) is 13.6. The molecule has 0 fully saturated rings. The van der Waals surface area contributed by atoms with Crippen LogP contribution in [0, 0.1) is 0 Å². The van der Waals surface area contributed by atoms with E-state index in [1.54, 1.807) is 18.5 Å². The van der Waals surface area contributed by atoms with E-state index in [1.807, 2.05) is 65.8 Å². The van der Waals surface area contributed by atoms with Crippen molar-refractivity contribution in [3.8, 4) is 11.4 Å². The number of thioether (sulfide) groups is 1. The van der Waals surface area contributed by atoms with Gasteiger partial charge in [0.05, 0.1) is 5.75 Å². The summed E-state index contributed by atoms with van der Waals surface area (Å²) < 4.78 is 1.96. The summed E-state index contributed by atoms with van der Waals surface area (Å²) in [7, 11) is 0. The molecule has 7 heteroatoms. The fourth-order valence-electron chi connectivity index (χ4n) is 2.92. The molecule has 144 valence electrons. The van der Waals surface area contributed by atoms with Crippen LogP contribution in [0.5, 0.6) is 0 Å². The number of allylic oxidation sites excluding steroid dienone is 1. The fraction of sp³-hybridized carbons (Fsp3) is 0.238. The van der Waals surface area contributed by atoms with Gasteiger partial charge in [0.1, 0.15) is 0 Å². The van der Waals surface area contributed by atoms with Crippen molar-refractivity contribution in [1.82, 2.24) is 19.7 Å². The molecule has 0 saturated carbocycles. The highest BCUT2D eigenvalue weighted by molar-refractivity contribution is 7.99. The second kappa shape index (κ2) is 9.32. The van der Waals surface area contributed by atoms with E-state index in [4.69, 9.17) is 0 Å². The number of carbonyl (C=O) groups excluding carboxylic acids is 1. The van der Waals surface area contributed by atoms with Crippen molar-refractivity contribution in [2.75, 3.05) is 10.7 Å². The van der Waals surface area contributed by atoms with E-state index in [0.29, 0.717) is 11.7 Å². The fourth-order valence-corrected chi connectivity index (χ4v) is 3.73. The minimum Gasteiger partial charge on any atom is -0.309 e. The zero-order chi connectivity index (χ0) is 19.9. The van der Waals surface area contributed by atoms with Gasteiger partial charge in [-0.05, 0) is 38.1 Å². The molecule has 1 aromatic carbocycles. The van der Waals surface area contributed by atoms with Gasteiger partial charge in [0.25, 0.3) is 0 Å². The van der Waals surface area contributed by atoms with E-state index in [0.717, 1.165) is 17.1 Å². The number of aromatic nitrogens is 4. The Bertz CT molecular complexity index is 924. The minimum absolute atomic E-state index is 0.0322. The number of pyridine rings is 1. The number of carbonyl (C=O) groups is 1. The standard InChI is InChI=1S/C21H23N5OS/c1-4-14-25-20(17-10-12-22-13-11-17)23-24-21(25)28-15-19(27)26(16(2)3)18-8-6-5-7-9-18/h4-13,16H,1,14-15H2,2-3H3. The van der Waals surface area contributed by atoms with Gasteiger partial charge in [-0.15, -0.1) is 16.8 Å². The van der Waals surface area contributed by atoms with Gasteiger partial charge in [-0.1, -0.05) is 36.0 Å². The second-order valence-electron chi connectivity index (χ2n) is 6.42. The molecule has 0 bridgehead atoms. The normalized spacial score (nSPS) is 10.8. The Morgan fingerprint density at radius 2 is 1.89 bits per heavy atom. The number of benzene rings is 1. The molecule has 3 rings (SSSR count). The Morgan fingerprint density at radius 1 is 1.18 bits per heavy atom. The van der Waals surface area contributed by atoms with Crippen LogP contribution in [0.1, 0.15) is 13.8 Å². The lowest BCUT2D eigenvalue weighted by atomic mass is 10.2. The highest BCUT2D eigenvalue weighted by atomic mass is 32.2. The zero-order valence-electron chi connectivity index (χ0n) is 16.0. The summed E-state index contributed by atoms with van der Waals surface area (Å²) in [6.07, 6.45) is 5.24. The van der Waals surface area contributed by atoms with Crippen molar-refractivity contribution in [2.24, 2.45) is 0 Å². The average Bonchev–Trinajstić information content (AvgIpc) is 3.11. The first-order valence-corrected chi connectivity index (χ1v) is 10.0. The molecule has 2 aromatic heterocycles. The summed E-state index contributed by atoms with van der Waals surface area (Å²) in [6.45, 7) is 8.41. The predicted octanol–water partition coefficient (Wildman–Crippen LogP) is 4.06. The van der Waals surface area contributed by atoms with Crippen LogP contribution in [0.4, 0.5) is 5.69 Å². The predicted molar refractivity (Wildman–Crippen MR) is 113 cm³/mol. The van der Waals surface area contributed by atoms with Gasteiger partial charge >= 0.3 is 0 Å². The molecule has 0 N–H and O–H groups in total. The quantitative estimate of drug-likeness (QED) is 0.427. The van der Waals surface area contributed by atoms with Crippen molar-refractivity contribution < 1.29 is 4.79 Å². The molecule has 3 aromatic rings. The second-order valence-corrected chi connectivity index (χ2v) is 7.37. The number of para-hydroxylation sites is 1. The van der Waals surface area contributed by atoms with Crippen molar-refractivity contribution in [3.05, 3.63) is 67.5 Å². The van der Waals surface area contributed by atoms with Crippen molar-refractivity contribution >= 4 is 23.4 Å². The van der Waals surface area contributed by atoms with Gasteiger partial charge in [-0.25, -0.2) is 0 Å². The van der Waals surface area contributed by atoms with E-state index in [1.165, 1.54) is 11.8 Å². The van der Waals surface area contributed by atoms with Crippen LogP contribution in [0.2, 0.25) is 0 Å². The maximum absolute atomic E-state index is 12.9. The van der Waals surface area contributed by atoms with Crippen molar-refractivity contribution in [1.29, 1.82) is 0 Å². The third-order valence-corrected chi connectivity index (χ3v) is 5.06. The highest BCUT2D eigenvalue weighted by Crippen LogP contribution is 2.25. The molecule has 0 aliphatic rings. The third-order valence-electron chi connectivity index (χ3n) is 4.11. The summed E-state index contributed by atoms with van der Waals surface area (Å²) in [5, 5.41) is 9.30. The van der Waals surface area contributed by atoms with Gasteiger partial charge in [0.15, 0.2) is 11.0 Å². The molecule has 0 radical (unpaired) electrons. The van der Waals surface area contributed by atoms with Gasteiger partial charge in [0, 0.05) is 36.2 Å². The number of anilines is 1. The molecule has 6 nitrogen and oxygen atoms in total. The SMILES string of the molecule is C=CCn1c(SCC(=O)N(c2ccccc2)C(C)C)nnc1-c1ccncc1. The molecular formula is C21H23N5OS. The third kappa shape index (κ3) is 4.48. The number of rotatable bonds is 8. The summed E-state index contributed by atoms with van der Waals surface area (Å²) in [5.41, 5.74) is 1.82. The molecule has 0 spiro atoms. The van der Waals surface area contributed by atoms with Gasteiger partial charge < -0.3 is 4.90 Å². The van der Waals surface area contributed by atoms with Gasteiger partial charge in [0.2, 0.25) is 5.91 Å². The van der Waals surface area contributed by atoms with Crippen LogP contribution in [-0.4, -0.2) is 37.5 Å². The maximum atomic E-state index is 12.9. The van der Waals surface area contributed by atoms with E-state index < -0.39 is 0 Å². The molecule has 0 saturated heterocycles. The minimum atomic E-state index is 0.0322. The van der Waals surface area contributed by atoms with Crippen LogP contribution in [0.25, 0.3) is 11.4 Å². The molecule has 0 atom stereocenters. The van der Waals surface area contributed by atoms with E-state index in [2.05, 4.69) is 21.8 Å². The largest absolute Gasteiger partial charge is 0.309 e. The summed E-state index contributed by atoms with van der Waals surface area (Å²) in [4.78, 5) is 18.8. The van der Waals surface area contributed by atoms with E-state index >= 15 is 0 Å². The lowest BCUT2D eigenvalue weighted by Crippen LogP contribution is -2.38. The van der Waals surface area contributed by atoms with Crippen LogP contribution in [0.15, 0.2) is 72.7 Å². The van der Waals surface area contributed by atoms with Crippen LogP contribution < -0.4 is 4.90 Å². The van der Waals surface area contributed by atoms with Crippen LogP contribution >= 0.6 is 11.8 Å². The highest BCUT2D eigenvalue weighted by Gasteiger charge is 2.21. The lowest BCUT2D eigenvalue weighted by molar-refractivity contribution is -0.116. The average molecular weight is 394 g/mol. The first-order valence-electron chi connectivity index (χ1n) is 9.06. The molecule has 0 aliphatic heterocycles. The monoisotopic (exact) mass is 393 g/mol. The topological polar surface area (TPSA) is 63.9 Å². The Hall–Kier alpha value is -2.93. The Kier molecular flexibility index (Phi) is 6.60. The summed E-state index contributed by atoms with van der Waals surface area (Å²) >= 11 is 1.39. The Morgan fingerprint density at radius 3 is 2.54 bits per heavy atom. The molecule has 2 heterocycles. The summed E-state index contributed by atoms with van der Waals surface area (Å²) in [5.74, 6) is 1.05.